The molecule has 9 rings (SSSR count). The van der Waals surface area contributed by atoms with Gasteiger partial charge in [-0.25, -0.2) is 0 Å². The van der Waals surface area contributed by atoms with E-state index in [0.29, 0.717) is 41.9 Å². The Labute approximate surface area is 497 Å². The lowest BCUT2D eigenvalue weighted by Crippen LogP contribution is -2.35. The van der Waals surface area contributed by atoms with Crippen molar-refractivity contribution in [3.8, 4) is 0 Å². The summed E-state index contributed by atoms with van der Waals surface area (Å²) in [7, 11) is 0. The van der Waals surface area contributed by atoms with Gasteiger partial charge in [-0.2, -0.15) is 5.10 Å². The zero-order chi connectivity index (χ0) is 61.0. The summed E-state index contributed by atoms with van der Waals surface area (Å²) in [5.41, 5.74) is 6.94. The first-order valence-electron chi connectivity index (χ1n) is 31.0. The quantitative estimate of drug-likeness (QED) is 0.137. The normalized spacial score (nSPS) is 12.0. The molecule has 1 saturated heterocycles. The molecule has 7 nitrogen and oxygen atoms in total. The predicted octanol–water partition coefficient (Wildman–Crippen LogP) is 22.2. The summed E-state index contributed by atoms with van der Waals surface area (Å²) in [6, 6.07) is 45.2. The van der Waals surface area contributed by atoms with Crippen LogP contribution in [0, 0.1) is 25.7 Å². The van der Waals surface area contributed by atoms with Gasteiger partial charge >= 0.3 is 0 Å². The van der Waals surface area contributed by atoms with Gasteiger partial charge in [-0.05, 0) is 215 Å². The Morgan fingerprint density at radius 3 is 1.32 bits per heavy atom. The smallest absolute Gasteiger partial charge is 0.106 e. The second-order valence-corrected chi connectivity index (χ2v) is 24.5. The highest BCUT2D eigenvalue weighted by Crippen LogP contribution is 2.20. The fourth-order valence-electron chi connectivity index (χ4n) is 7.85. The fraction of sp³-hybridized carbons (Fsp3) is 0.527. The minimum Gasteiger partial charge on any atom is -0.466 e. The molecule has 0 amide bonds. The molecule has 1 fully saturated rings. The van der Waals surface area contributed by atoms with Crippen molar-refractivity contribution in [3.63, 3.8) is 0 Å². The van der Waals surface area contributed by atoms with Crippen LogP contribution in [0.2, 0.25) is 0 Å². The summed E-state index contributed by atoms with van der Waals surface area (Å²) in [5, 5.41) is 5.36. The maximum absolute atomic E-state index is 5.34. The van der Waals surface area contributed by atoms with Crippen molar-refractivity contribution in [2.45, 2.75) is 233 Å². The van der Waals surface area contributed by atoms with E-state index in [0.717, 1.165) is 35.8 Å². The van der Waals surface area contributed by atoms with Gasteiger partial charge in [0.1, 0.15) is 11.5 Å². The number of rotatable bonds is 10. The summed E-state index contributed by atoms with van der Waals surface area (Å²) < 4.78 is 13.9. The summed E-state index contributed by atoms with van der Waals surface area (Å²) >= 11 is 0. The van der Waals surface area contributed by atoms with Gasteiger partial charge in [-0.15, -0.1) is 0 Å². The molecule has 6 heterocycles. The van der Waals surface area contributed by atoms with Crippen LogP contribution in [0.1, 0.15) is 240 Å². The first-order valence-corrected chi connectivity index (χ1v) is 31.0. The second kappa shape index (κ2) is 41.2. The molecule has 0 radical (unpaired) electrons. The topological polar surface area (TPSA) is 49.0 Å². The largest absolute Gasteiger partial charge is 0.466 e. The number of para-hydroxylation sites is 1. The minimum absolute atomic E-state index is 0.491. The minimum atomic E-state index is 0.491. The first kappa shape index (κ1) is 73.2. The average molecular weight is 1110 g/mol. The Bertz CT molecular complexity index is 2560. The number of nitrogens with zero attached hydrogens (tertiary/aromatic N) is 6. The standard InChI is InChI=1S/C11H13N.C11H16.C9H12.C8H13N.C8H17N.C8H12O.C7H11N.C6H10N2.C6H14/c1-9(2)12-8-7-10-5-3-4-6-11(10)12;1-4-10-5-7-11(8-6-10)9(2)3;1-8(2)9-6-4-3-5-7-9;1-7(2)9-5-4-8(3)6-9;1-8(2)9-6-4-3-5-7-9;1-6(2)8-5-4-7(3)9-8;1-7(2)8-5-3-4-6-8;1-6(2)8-5-3-4-7-8;1-5(2)6(3)4/h3-9H,1-2H3;5-9H,4H2,1-3H3;3-8H,1-2H3;4-7H,1-3H3;8H,3-7H2,1-2H3;4-6H,1-3H3;3-7H,1-2H3;3-6H,1-2H3;5-6H,1-4H3. The first-order chi connectivity index (χ1) is 38.3. The van der Waals surface area contributed by atoms with Gasteiger partial charge in [0.05, 0.1) is 0 Å². The molecule has 1 aliphatic rings. The van der Waals surface area contributed by atoms with Crippen molar-refractivity contribution in [2.24, 2.45) is 11.8 Å². The molecule has 3 aromatic carbocycles. The predicted molar refractivity (Wildman–Crippen MR) is 358 cm³/mol. The van der Waals surface area contributed by atoms with Gasteiger partial charge in [-0.3, -0.25) is 4.68 Å². The summed E-state index contributed by atoms with van der Waals surface area (Å²) in [6.45, 7) is 52.9. The number of fused-ring (bicyclic) bond motifs is 1. The van der Waals surface area contributed by atoms with Gasteiger partial charge in [-0.1, -0.05) is 155 Å². The zero-order valence-corrected chi connectivity index (χ0v) is 55.7. The Morgan fingerprint density at radius 2 is 0.988 bits per heavy atom. The van der Waals surface area contributed by atoms with Gasteiger partial charge in [0, 0.05) is 85.0 Å². The van der Waals surface area contributed by atoms with Gasteiger partial charge in [0.25, 0.3) is 0 Å². The van der Waals surface area contributed by atoms with Crippen LogP contribution in [0.3, 0.4) is 0 Å². The fourth-order valence-corrected chi connectivity index (χ4v) is 7.85. The summed E-state index contributed by atoms with van der Waals surface area (Å²) in [6.07, 6.45) is 19.7. The van der Waals surface area contributed by atoms with E-state index < -0.39 is 0 Å². The SMILES string of the molecule is CC(C)C(C)C.CC(C)N1CCCCC1.CC(C)c1ccccc1.CC(C)n1ccc2ccccc21.CC(C)n1cccc1.CC(C)n1cccn1.CCc1ccc(C(C)C)cc1.Cc1ccc(C(C)C)o1.Cc1ccn(C(C)C)c1. The Hall–Kier alpha value is -5.79. The molecule has 0 aliphatic carbocycles. The lowest BCUT2D eigenvalue weighted by molar-refractivity contribution is 0.185. The molecule has 0 bridgehead atoms. The van der Waals surface area contributed by atoms with Crippen molar-refractivity contribution in [2.75, 3.05) is 13.1 Å². The van der Waals surface area contributed by atoms with E-state index in [9.17, 15) is 0 Å². The Morgan fingerprint density at radius 1 is 0.444 bits per heavy atom. The molecule has 0 atom stereocenters. The zero-order valence-electron chi connectivity index (χ0n) is 55.7. The van der Waals surface area contributed by atoms with Crippen molar-refractivity contribution < 1.29 is 4.42 Å². The van der Waals surface area contributed by atoms with Crippen LogP contribution in [0.4, 0.5) is 0 Å². The van der Waals surface area contributed by atoms with E-state index in [1.54, 1.807) is 6.20 Å². The number of aryl methyl sites for hydroxylation is 3. The maximum atomic E-state index is 5.34. The monoisotopic (exact) mass is 1110 g/mol. The van der Waals surface area contributed by atoms with Gasteiger partial charge in [0.2, 0.25) is 0 Å². The van der Waals surface area contributed by atoms with Crippen molar-refractivity contribution in [1.29, 1.82) is 0 Å². The van der Waals surface area contributed by atoms with Crippen LogP contribution in [0.5, 0.6) is 0 Å². The molecule has 0 N–H and O–H groups in total. The van der Waals surface area contributed by atoms with Crippen molar-refractivity contribution in [3.05, 3.63) is 198 Å². The molecule has 0 spiro atoms. The van der Waals surface area contributed by atoms with E-state index in [-0.39, 0.29) is 0 Å². The van der Waals surface area contributed by atoms with E-state index >= 15 is 0 Å². The van der Waals surface area contributed by atoms with E-state index in [1.807, 2.05) is 54.2 Å². The number of hydrogen-bond acceptors (Lipinski definition) is 3. The van der Waals surface area contributed by atoms with Crippen LogP contribution in [0.25, 0.3) is 10.9 Å². The molecule has 0 unspecified atom stereocenters. The lowest BCUT2D eigenvalue weighted by atomic mass is 10.0. The van der Waals surface area contributed by atoms with Crippen LogP contribution >= 0.6 is 0 Å². The lowest BCUT2D eigenvalue weighted by Gasteiger charge is -2.29. The molecule has 8 aromatic rings. The van der Waals surface area contributed by atoms with E-state index in [2.05, 4.69) is 292 Å². The number of aromatic nitrogens is 5. The highest BCUT2D eigenvalue weighted by molar-refractivity contribution is 5.80. The number of piperidine rings is 1. The number of hydrogen-bond donors (Lipinski definition) is 0. The van der Waals surface area contributed by atoms with Gasteiger partial charge < -0.3 is 23.0 Å². The number of benzene rings is 3. The Kier molecular flexibility index (Phi) is 37.3. The van der Waals surface area contributed by atoms with Crippen LogP contribution < -0.4 is 0 Å². The van der Waals surface area contributed by atoms with Crippen molar-refractivity contribution >= 4 is 10.9 Å². The molecular weight excluding hydrogens is 989 g/mol. The molecule has 7 heteroatoms. The van der Waals surface area contributed by atoms with Crippen molar-refractivity contribution in [1.82, 2.24) is 28.4 Å². The second-order valence-electron chi connectivity index (χ2n) is 24.5. The molecule has 81 heavy (non-hydrogen) atoms. The number of furan rings is 1. The van der Waals surface area contributed by atoms with E-state index in [4.69, 9.17) is 4.42 Å². The van der Waals surface area contributed by atoms with Gasteiger partial charge in [0.15, 0.2) is 0 Å². The van der Waals surface area contributed by atoms with E-state index in [1.165, 1.54) is 65.5 Å². The van der Waals surface area contributed by atoms with Crippen LogP contribution in [0.15, 0.2) is 169 Å². The summed E-state index contributed by atoms with van der Waals surface area (Å²) in [4.78, 5) is 2.56. The third-order valence-corrected chi connectivity index (χ3v) is 14.2. The molecule has 0 saturated carbocycles. The molecular formula is C74H118N6O. The Balaban J connectivity index is 0.000000458. The highest BCUT2D eigenvalue weighted by Gasteiger charge is 2.12. The number of likely N-dealkylation sites (tertiary alicyclic amines) is 1. The average Bonchev–Trinajstić information content (AvgIpc) is 4.37. The molecule has 5 aromatic heterocycles. The maximum Gasteiger partial charge on any atom is 0.106 e. The highest BCUT2D eigenvalue weighted by atomic mass is 16.3. The van der Waals surface area contributed by atoms with Crippen LogP contribution in [-0.2, 0) is 6.42 Å². The summed E-state index contributed by atoms with van der Waals surface area (Å²) in [5.74, 6) is 5.60. The molecule has 450 valence electrons. The third kappa shape index (κ3) is 31.9. The van der Waals surface area contributed by atoms with Crippen LogP contribution in [-0.4, -0.2) is 47.5 Å². The molecule has 1 aliphatic heterocycles. The third-order valence-electron chi connectivity index (χ3n) is 14.2.